The van der Waals surface area contributed by atoms with Gasteiger partial charge in [-0.2, -0.15) is 18.4 Å². The highest BCUT2D eigenvalue weighted by atomic mass is 19.4. The van der Waals surface area contributed by atoms with Crippen LogP contribution in [0, 0.1) is 73.3 Å². The lowest BCUT2D eigenvalue weighted by Gasteiger charge is -2.21. The van der Waals surface area contributed by atoms with Crippen molar-refractivity contribution in [1.82, 2.24) is 9.13 Å². The van der Waals surface area contributed by atoms with Crippen molar-refractivity contribution >= 4 is 49.3 Å². The molecule has 0 bridgehead atoms. The minimum atomic E-state index is -4.70. The van der Waals surface area contributed by atoms with Crippen LogP contribution in [-0.4, -0.2) is 9.13 Å². The lowest BCUT2D eigenvalue weighted by molar-refractivity contribution is -0.137. The molecule has 0 radical (unpaired) electrons. The lowest BCUT2D eigenvalue weighted by Crippen LogP contribution is -2.06. The zero-order valence-electron chi connectivity index (χ0n) is 44.7. The van der Waals surface area contributed by atoms with Crippen LogP contribution in [0.25, 0.3) is 115 Å². The summed E-state index contributed by atoms with van der Waals surface area (Å²) in [6, 6.07) is 61.2. The average molecular weight is 1020 g/mol. The number of aryl methyl sites for hydroxylation is 8. The number of fused-ring (bicyclic) bond motifs is 6. The van der Waals surface area contributed by atoms with Gasteiger partial charge in [-0.1, -0.05) is 172 Å². The van der Waals surface area contributed by atoms with Gasteiger partial charge in [0.25, 0.3) is 0 Å². The first-order valence-corrected chi connectivity index (χ1v) is 26.1. The molecule has 0 saturated carbocycles. The van der Waals surface area contributed by atoms with Crippen LogP contribution in [0.4, 0.5) is 18.9 Å². The number of rotatable bonds is 7. The molecule has 78 heavy (non-hydrogen) atoms. The second kappa shape index (κ2) is 18.7. The molecule has 0 unspecified atom stereocenters. The maximum atomic E-state index is 14.6. The molecule has 10 aromatic carbocycles. The molecule has 4 nitrogen and oxygen atoms in total. The number of nitriles is 1. The zero-order chi connectivity index (χ0) is 54.5. The van der Waals surface area contributed by atoms with E-state index in [9.17, 15) is 18.4 Å². The first kappa shape index (κ1) is 49.4. The summed E-state index contributed by atoms with van der Waals surface area (Å²) >= 11 is 0. The summed E-state index contributed by atoms with van der Waals surface area (Å²) in [5, 5.41) is 14.8. The number of nitrogens with zero attached hydrogens (tertiary/aromatic N) is 4. The molecule has 0 atom stereocenters. The van der Waals surface area contributed by atoms with E-state index >= 15 is 0 Å². The van der Waals surface area contributed by atoms with Crippen molar-refractivity contribution in [2.24, 2.45) is 0 Å². The van der Waals surface area contributed by atoms with Gasteiger partial charge in [0.05, 0.1) is 51.5 Å². The van der Waals surface area contributed by atoms with Crippen molar-refractivity contribution in [1.29, 1.82) is 5.26 Å². The molecule has 7 heteroatoms. The first-order chi connectivity index (χ1) is 37.4. The van der Waals surface area contributed by atoms with Gasteiger partial charge in [0.1, 0.15) is 0 Å². The Labute approximate surface area is 452 Å². The van der Waals surface area contributed by atoms with E-state index in [1.807, 2.05) is 12.1 Å². The van der Waals surface area contributed by atoms with Gasteiger partial charge in [-0.3, -0.25) is 0 Å². The molecular weight excluding hydrogens is 966 g/mol. The van der Waals surface area contributed by atoms with E-state index in [1.165, 1.54) is 6.07 Å². The summed E-state index contributed by atoms with van der Waals surface area (Å²) in [7, 11) is 0. The Balaban J connectivity index is 1.23. The fraction of sp³-hybridized carbons (Fsp3) is 0.127. The number of hydrogen-bond donors (Lipinski definition) is 0. The Bertz CT molecular complexity index is 4310. The molecule has 0 spiro atoms. The minimum Gasteiger partial charge on any atom is -0.319 e. The predicted molar refractivity (Wildman–Crippen MR) is 316 cm³/mol. The second-order valence-electron chi connectivity index (χ2n) is 21.4. The second-order valence-corrected chi connectivity index (χ2v) is 21.4. The quantitative estimate of drug-likeness (QED) is 0.147. The lowest BCUT2D eigenvalue weighted by atomic mass is 9.95. The maximum Gasteiger partial charge on any atom is 0.416 e. The van der Waals surface area contributed by atoms with Gasteiger partial charge in [-0.25, -0.2) is 4.85 Å². The Morgan fingerprint density at radius 2 is 0.705 bits per heavy atom. The van der Waals surface area contributed by atoms with E-state index in [0.717, 1.165) is 145 Å². The minimum absolute atomic E-state index is 0.142. The Kier molecular flexibility index (Phi) is 11.8. The van der Waals surface area contributed by atoms with Crippen molar-refractivity contribution in [3.8, 4) is 73.1 Å². The van der Waals surface area contributed by atoms with E-state index in [4.69, 9.17) is 6.57 Å². The topological polar surface area (TPSA) is 38.0 Å². The molecule has 378 valence electrons. The molecule has 0 aliphatic carbocycles. The van der Waals surface area contributed by atoms with Gasteiger partial charge in [0.2, 0.25) is 5.69 Å². The summed E-state index contributed by atoms with van der Waals surface area (Å²) in [4.78, 5) is 4.37. The van der Waals surface area contributed by atoms with Gasteiger partial charge in [-0.05, 0) is 148 Å². The van der Waals surface area contributed by atoms with Crippen LogP contribution >= 0.6 is 0 Å². The Morgan fingerprint density at radius 1 is 0.372 bits per heavy atom. The van der Waals surface area contributed by atoms with Gasteiger partial charge >= 0.3 is 6.18 Å². The first-order valence-electron chi connectivity index (χ1n) is 26.1. The number of benzene rings is 10. The molecule has 0 amide bonds. The third-order valence-electron chi connectivity index (χ3n) is 15.2. The predicted octanol–water partition coefficient (Wildman–Crippen LogP) is 20.1. The van der Waals surface area contributed by atoms with Crippen LogP contribution in [0.15, 0.2) is 176 Å². The Hall–Kier alpha value is -9.43. The van der Waals surface area contributed by atoms with E-state index in [0.29, 0.717) is 28.2 Å². The third-order valence-corrected chi connectivity index (χ3v) is 15.2. The molecule has 12 rings (SSSR count). The van der Waals surface area contributed by atoms with Crippen molar-refractivity contribution < 1.29 is 13.2 Å². The zero-order valence-corrected chi connectivity index (χ0v) is 44.7. The summed E-state index contributed by atoms with van der Waals surface area (Å²) in [5.41, 5.74) is 21.7. The number of halogens is 3. The van der Waals surface area contributed by atoms with E-state index < -0.39 is 11.7 Å². The molecule has 0 N–H and O–H groups in total. The summed E-state index contributed by atoms with van der Waals surface area (Å²) in [6.07, 6.45) is -4.70. The highest BCUT2D eigenvalue weighted by Gasteiger charge is 2.32. The number of aromatic nitrogens is 2. The third kappa shape index (κ3) is 8.68. The molecule has 0 aliphatic heterocycles. The SMILES string of the molecule is [C-]#[N+]c1cc(-n2c3cc(-c4cc(C)cc(C)c4)ccc3c3ccc(-c4cc(C)cc(C)c4)cc32)c(-c2ccc(C(F)(F)F)cc2C#N)cc1-n1c2cc(-c3cc(C)cc(C)c3)ccc2c2ccc(-c3cc(C)cc(C)c3)cc21. The van der Waals surface area contributed by atoms with Gasteiger partial charge in [-0.15, -0.1) is 0 Å². The molecule has 0 saturated heterocycles. The van der Waals surface area contributed by atoms with Crippen molar-refractivity contribution in [2.75, 3.05) is 0 Å². The van der Waals surface area contributed by atoms with Crippen LogP contribution in [0.1, 0.15) is 55.6 Å². The summed E-state index contributed by atoms with van der Waals surface area (Å²) in [5.74, 6) is 0. The van der Waals surface area contributed by atoms with Crippen LogP contribution in [-0.2, 0) is 6.18 Å². The molecule has 0 aliphatic rings. The molecule has 12 aromatic rings. The molecular formula is C71H53F3N4. The molecule has 2 heterocycles. The van der Waals surface area contributed by atoms with E-state index in [2.05, 4.69) is 221 Å². The van der Waals surface area contributed by atoms with E-state index in [-0.39, 0.29) is 5.56 Å². The maximum absolute atomic E-state index is 14.6. The smallest absolute Gasteiger partial charge is 0.319 e. The highest BCUT2D eigenvalue weighted by Crippen LogP contribution is 2.47. The monoisotopic (exact) mass is 1020 g/mol. The largest absolute Gasteiger partial charge is 0.416 e. The van der Waals surface area contributed by atoms with Gasteiger partial charge in [0.15, 0.2) is 0 Å². The van der Waals surface area contributed by atoms with Crippen molar-refractivity contribution in [2.45, 2.75) is 61.6 Å². The van der Waals surface area contributed by atoms with Crippen LogP contribution in [0.3, 0.4) is 0 Å². The summed E-state index contributed by atoms with van der Waals surface area (Å²) < 4.78 is 48.2. The van der Waals surface area contributed by atoms with Gasteiger partial charge in [0, 0.05) is 38.4 Å². The summed E-state index contributed by atoms with van der Waals surface area (Å²) in [6.45, 7) is 25.9. The fourth-order valence-corrected chi connectivity index (χ4v) is 12.1. The van der Waals surface area contributed by atoms with E-state index in [1.54, 1.807) is 0 Å². The number of alkyl halides is 3. The molecule has 0 fully saturated rings. The van der Waals surface area contributed by atoms with Crippen molar-refractivity contribution in [3.63, 3.8) is 0 Å². The van der Waals surface area contributed by atoms with Crippen molar-refractivity contribution in [3.05, 3.63) is 243 Å². The highest BCUT2D eigenvalue weighted by molar-refractivity contribution is 6.14. The normalized spacial score (nSPS) is 11.8. The van der Waals surface area contributed by atoms with Crippen LogP contribution in [0.2, 0.25) is 0 Å². The molecule has 2 aromatic heterocycles. The number of hydrogen-bond acceptors (Lipinski definition) is 1. The van der Waals surface area contributed by atoms with Gasteiger partial charge < -0.3 is 9.13 Å². The fourth-order valence-electron chi connectivity index (χ4n) is 12.1. The standard InChI is InChI=1S/C71H53F3N4/c1-40-20-41(2)25-52(24-40)48-10-15-59-60-16-11-49(53-26-42(3)21-43(4)27-53)34-66(60)77(65(59)33-48)69-38-64(76-9)70(37-63(69)58-19-14-57(71(72,73)74)32-56(58)39-75)78-67-35-50(54-28-44(5)22-45(6)29-54)12-17-61(67)62-18-13-51(36-68(62)78)55-30-46(7)23-47(8)31-55/h10-38H,1-8H3. The van der Waals surface area contributed by atoms with Crippen LogP contribution < -0.4 is 0 Å². The Morgan fingerprint density at radius 3 is 1.01 bits per heavy atom. The average Bonchev–Trinajstić information content (AvgIpc) is 4.13. The van der Waals surface area contributed by atoms with Crippen LogP contribution in [0.5, 0.6) is 0 Å².